The summed E-state index contributed by atoms with van der Waals surface area (Å²) in [6, 6.07) is 7.67. The molecule has 5 heteroatoms. The first-order valence-electron chi connectivity index (χ1n) is 5.56. The molecule has 0 spiro atoms. The first-order valence-corrected chi connectivity index (χ1v) is 7.23. The van der Waals surface area contributed by atoms with E-state index >= 15 is 0 Å². The van der Waals surface area contributed by atoms with Crippen LogP contribution in [0.5, 0.6) is 0 Å². The van der Waals surface area contributed by atoms with Gasteiger partial charge >= 0.3 is 0 Å². The molecule has 1 aromatic carbocycles. The van der Waals surface area contributed by atoms with Gasteiger partial charge in [0, 0.05) is 27.9 Å². The van der Waals surface area contributed by atoms with Gasteiger partial charge in [0.15, 0.2) is 0 Å². The van der Waals surface area contributed by atoms with Gasteiger partial charge < -0.3 is 10.2 Å². The fourth-order valence-corrected chi connectivity index (χ4v) is 2.90. The van der Waals surface area contributed by atoms with Gasteiger partial charge in [-0.2, -0.15) is 0 Å². The first-order chi connectivity index (χ1) is 8.70. The molecular formula is C13H14BrNO2S. The number of nitrogens with zero attached hydrogens (tertiary/aromatic N) is 1. The topological polar surface area (TPSA) is 53.4 Å². The highest BCUT2D eigenvalue weighted by molar-refractivity contribution is 9.10. The highest BCUT2D eigenvalue weighted by Crippen LogP contribution is 2.29. The van der Waals surface area contributed by atoms with E-state index in [1.807, 2.05) is 29.6 Å². The van der Waals surface area contributed by atoms with Crippen molar-refractivity contribution in [2.24, 2.45) is 0 Å². The number of benzene rings is 1. The third kappa shape index (κ3) is 2.80. The largest absolute Gasteiger partial charge is 0.395 e. The maximum Gasteiger partial charge on any atom is 0.0935 e. The summed E-state index contributed by atoms with van der Waals surface area (Å²) < 4.78 is 0.977. The van der Waals surface area contributed by atoms with Crippen LogP contribution < -0.4 is 0 Å². The zero-order valence-electron chi connectivity index (χ0n) is 9.71. The smallest absolute Gasteiger partial charge is 0.0935 e. The van der Waals surface area contributed by atoms with Gasteiger partial charge in [-0.15, -0.1) is 11.3 Å². The van der Waals surface area contributed by atoms with Crippen LogP contribution in [-0.4, -0.2) is 28.4 Å². The maximum absolute atomic E-state index is 9.70. The van der Waals surface area contributed by atoms with E-state index in [9.17, 15) is 10.2 Å². The molecule has 0 unspecified atom stereocenters. The molecule has 0 saturated carbocycles. The van der Waals surface area contributed by atoms with Crippen molar-refractivity contribution in [1.82, 2.24) is 4.98 Å². The van der Waals surface area contributed by atoms with Crippen LogP contribution in [0.25, 0.3) is 0 Å². The minimum Gasteiger partial charge on any atom is -0.395 e. The Kier molecular flexibility index (Phi) is 4.50. The minimum atomic E-state index is -0.668. The lowest BCUT2D eigenvalue weighted by Gasteiger charge is -2.29. The first kappa shape index (κ1) is 13.7. The van der Waals surface area contributed by atoms with Crippen LogP contribution in [0.15, 0.2) is 40.3 Å². The van der Waals surface area contributed by atoms with Crippen LogP contribution in [0.2, 0.25) is 0 Å². The summed E-state index contributed by atoms with van der Waals surface area (Å²) in [6.07, 6.45) is 2.28. The van der Waals surface area contributed by atoms with Crippen molar-refractivity contribution in [3.05, 3.63) is 50.9 Å². The molecule has 3 nitrogen and oxygen atoms in total. The van der Waals surface area contributed by atoms with E-state index in [1.165, 1.54) is 11.3 Å². The highest BCUT2D eigenvalue weighted by Gasteiger charge is 2.32. The Hall–Kier alpha value is -0.750. The standard InChI is InChI=1S/C13H14BrNO2S/c14-11-3-1-10(2-4-11)13(8-16,9-17)7-12-15-5-6-18-12/h1-6,16-17H,7-9H2. The van der Waals surface area contributed by atoms with Crippen LogP contribution in [0, 0.1) is 0 Å². The molecule has 1 aromatic heterocycles. The van der Waals surface area contributed by atoms with Crippen LogP contribution in [-0.2, 0) is 11.8 Å². The van der Waals surface area contributed by atoms with Crippen molar-refractivity contribution < 1.29 is 10.2 Å². The molecule has 2 aromatic rings. The lowest BCUT2D eigenvalue weighted by molar-refractivity contribution is 0.116. The molecular weight excluding hydrogens is 314 g/mol. The molecule has 0 amide bonds. The Bertz CT molecular complexity index is 480. The fourth-order valence-electron chi connectivity index (χ4n) is 1.88. The lowest BCUT2D eigenvalue weighted by Crippen LogP contribution is -2.37. The summed E-state index contributed by atoms with van der Waals surface area (Å²) in [5, 5.41) is 22.2. The summed E-state index contributed by atoms with van der Waals surface area (Å²) in [7, 11) is 0. The number of aliphatic hydroxyl groups excluding tert-OH is 2. The number of aliphatic hydroxyl groups is 2. The third-order valence-electron chi connectivity index (χ3n) is 3.04. The van der Waals surface area contributed by atoms with E-state index in [0.29, 0.717) is 6.42 Å². The van der Waals surface area contributed by atoms with Crippen molar-refractivity contribution in [2.45, 2.75) is 11.8 Å². The summed E-state index contributed by atoms with van der Waals surface area (Å²) in [5.41, 5.74) is 0.254. The van der Waals surface area contributed by atoms with Gasteiger partial charge in [-0.1, -0.05) is 28.1 Å². The molecule has 0 fully saturated rings. The zero-order chi connectivity index (χ0) is 13.0. The van der Waals surface area contributed by atoms with Crippen LogP contribution >= 0.6 is 27.3 Å². The highest BCUT2D eigenvalue weighted by atomic mass is 79.9. The Morgan fingerprint density at radius 2 is 1.83 bits per heavy atom. The maximum atomic E-state index is 9.70. The number of rotatable bonds is 5. The fraction of sp³-hybridized carbons (Fsp3) is 0.308. The number of aromatic nitrogens is 1. The van der Waals surface area contributed by atoms with Crippen LogP contribution in [0.4, 0.5) is 0 Å². The van der Waals surface area contributed by atoms with E-state index in [0.717, 1.165) is 15.0 Å². The SMILES string of the molecule is OCC(CO)(Cc1nccs1)c1ccc(Br)cc1. The molecule has 0 aliphatic heterocycles. The molecule has 0 aliphatic rings. The van der Waals surface area contributed by atoms with Crippen molar-refractivity contribution in [1.29, 1.82) is 0 Å². The van der Waals surface area contributed by atoms with Gasteiger partial charge in [0.05, 0.1) is 18.2 Å². The molecule has 2 rings (SSSR count). The van der Waals surface area contributed by atoms with Gasteiger partial charge in [0.1, 0.15) is 0 Å². The predicted octanol–water partition coefficient (Wildman–Crippen LogP) is 2.37. The molecule has 1 heterocycles. The van der Waals surface area contributed by atoms with E-state index in [-0.39, 0.29) is 13.2 Å². The van der Waals surface area contributed by atoms with Crippen molar-refractivity contribution in [3.8, 4) is 0 Å². The van der Waals surface area contributed by atoms with Crippen molar-refractivity contribution >= 4 is 27.3 Å². The summed E-state index contributed by atoms with van der Waals surface area (Å²) in [5.74, 6) is 0. The summed E-state index contributed by atoms with van der Waals surface area (Å²) in [4.78, 5) is 4.23. The van der Waals surface area contributed by atoms with Gasteiger partial charge in [-0.25, -0.2) is 4.98 Å². The Balaban J connectivity index is 2.33. The van der Waals surface area contributed by atoms with E-state index in [1.54, 1.807) is 6.20 Å². The molecule has 0 radical (unpaired) electrons. The summed E-state index contributed by atoms with van der Waals surface area (Å²) >= 11 is 4.92. The average molecular weight is 328 g/mol. The molecule has 0 atom stereocenters. The normalized spacial score (nSPS) is 11.7. The van der Waals surface area contributed by atoms with E-state index < -0.39 is 5.41 Å². The Morgan fingerprint density at radius 1 is 1.17 bits per heavy atom. The van der Waals surface area contributed by atoms with Crippen LogP contribution in [0.3, 0.4) is 0 Å². The number of hydrogen-bond acceptors (Lipinski definition) is 4. The number of thiazole rings is 1. The van der Waals surface area contributed by atoms with Crippen molar-refractivity contribution in [2.75, 3.05) is 13.2 Å². The lowest BCUT2D eigenvalue weighted by atomic mass is 9.79. The second kappa shape index (κ2) is 5.93. The van der Waals surface area contributed by atoms with Crippen molar-refractivity contribution in [3.63, 3.8) is 0 Å². The Labute approximate surface area is 118 Å². The minimum absolute atomic E-state index is 0.106. The molecule has 2 N–H and O–H groups in total. The monoisotopic (exact) mass is 327 g/mol. The molecule has 0 aliphatic carbocycles. The molecule has 18 heavy (non-hydrogen) atoms. The molecule has 0 bridgehead atoms. The van der Waals surface area contributed by atoms with Gasteiger partial charge in [-0.3, -0.25) is 0 Å². The van der Waals surface area contributed by atoms with Gasteiger partial charge in [0.25, 0.3) is 0 Å². The summed E-state index contributed by atoms with van der Waals surface area (Å²) in [6.45, 7) is -0.213. The Morgan fingerprint density at radius 3 is 2.33 bits per heavy atom. The number of hydrogen-bond donors (Lipinski definition) is 2. The second-order valence-electron chi connectivity index (χ2n) is 4.21. The van der Waals surface area contributed by atoms with Gasteiger partial charge in [0.2, 0.25) is 0 Å². The predicted molar refractivity (Wildman–Crippen MR) is 75.8 cm³/mol. The second-order valence-corrected chi connectivity index (χ2v) is 6.10. The van der Waals surface area contributed by atoms with Crippen LogP contribution in [0.1, 0.15) is 10.6 Å². The van der Waals surface area contributed by atoms with E-state index in [2.05, 4.69) is 20.9 Å². The average Bonchev–Trinajstić information content (AvgIpc) is 2.90. The van der Waals surface area contributed by atoms with Gasteiger partial charge in [-0.05, 0) is 17.7 Å². The molecule has 96 valence electrons. The quantitative estimate of drug-likeness (QED) is 0.886. The third-order valence-corrected chi connectivity index (χ3v) is 4.34. The van der Waals surface area contributed by atoms with E-state index in [4.69, 9.17) is 0 Å². The zero-order valence-corrected chi connectivity index (χ0v) is 12.1. The molecule has 0 saturated heterocycles. The number of halogens is 1.